The molecule has 0 N–H and O–H groups in total. The van der Waals surface area contributed by atoms with Crippen molar-refractivity contribution >= 4 is 45.8 Å². The summed E-state index contributed by atoms with van der Waals surface area (Å²) < 4.78 is 26.1. The molecule has 0 bridgehead atoms. The van der Waals surface area contributed by atoms with Crippen LogP contribution < -0.4 is 0 Å². The average molecular weight is 418 g/mol. The minimum Gasteiger partial charge on any atom is -0.207 e. The lowest BCUT2D eigenvalue weighted by atomic mass is 9.99. The molecule has 32 heavy (non-hydrogen) atoms. The zero-order valence-electron chi connectivity index (χ0n) is 17.3. The number of hydrogen-bond acceptors (Lipinski definition) is 0. The molecule has 0 heterocycles. The standard InChI is InChI=1S/C30H20F2/c31-29-13-7-21(8-14-29)1-3-23-5-11-25-20-28-18-24(6-12-26(28)19-27(25)17-23)4-2-22-9-15-30(32)16-10-22/h1-20H/b3-1+,4-2+. The molecule has 0 nitrogen and oxygen atoms in total. The SMILES string of the molecule is Fc1ccc(/C=C/c2ccc3cc4cc(/C=C/c5ccc(F)cc5)ccc4cc3c2)cc1. The second kappa shape index (κ2) is 8.60. The molecule has 0 radical (unpaired) electrons. The molecule has 2 heteroatoms. The number of fused-ring (bicyclic) bond motifs is 2. The summed E-state index contributed by atoms with van der Waals surface area (Å²) >= 11 is 0. The lowest BCUT2D eigenvalue weighted by Crippen LogP contribution is -1.81. The van der Waals surface area contributed by atoms with Gasteiger partial charge >= 0.3 is 0 Å². The number of halogens is 2. The van der Waals surface area contributed by atoms with Crippen molar-refractivity contribution in [1.82, 2.24) is 0 Å². The van der Waals surface area contributed by atoms with Crippen molar-refractivity contribution in [3.05, 3.63) is 131 Å². The Balaban J connectivity index is 1.42. The van der Waals surface area contributed by atoms with Crippen LogP contribution in [0.5, 0.6) is 0 Å². The molecule has 5 rings (SSSR count). The van der Waals surface area contributed by atoms with Gasteiger partial charge in [0, 0.05) is 0 Å². The van der Waals surface area contributed by atoms with Gasteiger partial charge in [-0.15, -0.1) is 0 Å². The fourth-order valence-corrected chi connectivity index (χ4v) is 3.77. The van der Waals surface area contributed by atoms with E-state index in [0.717, 1.165) is 22.3 Å². The minimum absolute atomic E-state index is 0.228. The Labute approximate surface area is 185 Å². The Morgan fingerprint density at radius 3 is 1.09 bits per heavy atom. The third-order valence-corrected chi connectivity index (χ3v) is 5.52. The predicted octanol–water partition coefficient (Wildman–Crippen LogP) is 8.61. The fraction of sp³-hybridized carbons (Fsp3) is 0. The quantitative estimate of drug-likeness (QED) is 0.202. The molecule has 0 saturated heterocycles. The Hall–Kier alpha value is -4.04. The molecule has 0 unspecified atom stereocenters. The molecule has 0 aliphatic carbocycles. The maximum Gasteiger partial charge on any atom is 0.123 e. The first kappa shape index (κ1) is 19.9. The highest BCUT2D eigenvalue weighted by Gasteiger charge is 2.01. The number of hydrogen-bond donors (Lipinski definition) is 0. The fourth-order valence-electron chi connectivity index (χ4n) is 3.77. The Kier molecular flexibility index (Phi) is 5.35. The molecule has 154 valence electrons. The van der Waals surface area contributed by atoms with Gasteiger partial charge in [-0.1, -0.05) is 72.8 Å². The summed E-state index contributed by atoms with van der Waals surface area (Å²) in [4.78, 5) is 0. The highest BCUT2D eigenvalue weighted by Crippen LogP contribution is 2.26. The molecule has 0 aliphatic rings. The zero-order chi connectivity index (χ0) is 21.9. The largest absolute Gasteiger partial charge is 0.207 e. The number of rotatable bonds is 4. The van der Waals surface area contributed by atoms with Crippen molar-refractivity contribution in [2.45, 2.75) is 0 Å². The second-order valence-corrected chi connectivity index (χ2v) is 7.84. The third kappa shape index (κ3) is 4.50. The van der Waals surface area contributed by atoms with Crippen LogP contribution in [-0.4, -0.2) is 0 Å². The van der Waals surface area contributed by atoms with Crippen molar-refractivity contribution in [2.75, 3.05) is 0 Å². The van der Waals surface area contributed by atoms with E-state index in [1.165, 1.54) is 45.8 Å². The molecule has 0 saturated carbocycles. The van der Waals surface area contributed by atoms with Gasteiger partial charge in [0.2, 0.25) is 0 Å². The van der Waals surface area contributed by atoms with Gasteiger partial charge in [0.1, 0.15) is 11.6 Å². The summed E-state index contributed by atoms with van der Waals surface area (Å²) in [5.74, 6) is -0.456. The maximum atomic E-state index is 13.1. The minimum atomic E-state index is -0.228. The van der Waals surface area contributed by atoms with E-state index < -0.39 is 0 Å². The molecule has 0 aromatic heterocycles. The highest BCUT2D eigenvalue weighted by molar-refractivity contribution is 6.00. The Bertz CT molecular complexity index is 1340. The van der Waals surface area contributed by atoms with Gasteiger partial charge < -0.3 is 0 Å². The summed E-state index contributed by atoms with van der Waals surface area (Å²) in [5.41, 5.74) is 4.12. The zero-order valence-corrected chi connectivity index (χ0v) is 17.3. The maximum absolute atomic E-state index is 13.1. The van der Waals surface area contributed by atoms with Gasteiger partial charge in [-0.2, -0.15) is 0 Å². The van der Waals surface area contributed by atoms with E-state index in [1.54, 1.807) is 24.3 Å². The molecule has 0 aliphatic heterocycles. The van der Waals surface area contributed by atoms with Crippen molar-refractivity contribution in [2.24, 2.45) is 0 Å². The van der Waals surface area contributed by atoms with Gasteiger partial charge in [-0.05, 0) is 92.3 Å². The first-order chi connectivity index (χ1) is 15.6. The second-order valence-electron chi connectivity index (χ2n) is 7.84. The first-order valence-corrected chi connectivity index (χ1v) is 10.5. The highest BCUT2D eigenvalue weighted by atomic mass is 19.1. The predicted molar refractivity (Wildman–Crippen MR) is 132 cm³/mol. The van der Waals surface area contributed by atoms with Gasteiger partial charge in [0.15, 0.2) is 0 Å². The van der Waals surface area contributed by atoms with Crippen LogP contribution >= 0.6 is 0 Å². The molecule has 0 amide bonds. The van der Waals surface area contributed by atoms with Gasteiger partial charge in [0.25, 0.3) is 0 Å². The lowest BCUT2D eigenvalue weighted by molar-refractivity contribution is 0.627. The molecule has 0 fully saturated rings. The number of benzene rings is 5. The molecular weight excluding hydrogens is 398 g/mol. The summed E-state index contributed by atoms with van der Waals surface area (Å²) in [6.07, 6.45) is 8.06. The van der Waals surface area contributed by atoms with E-state index in [0.29, 0.717) is 0 Å². The normalized spacial score (nSPS) is 11.8. The van der Waals surface area contributed by atoms with Crippen molar-refractivity contribution in [3.8, 4) is 0 Å². The van der Waals surface area contributed by atoms with Gasteiger partial charge in [0.05, 0.1) is 0 Å². The monoisotopic (exact) mass is 418 g/mol. The van der Waals surface area contributed by atoms with E-state index in [9.17, 15) is 8.78 Å². The molecule has 5 aromatic carbocycles. The molecular formula is C30H20F2. The summed E-state index contributed by atoms with van der Waals surface area (Å²) in [6, 6.07) is 30.1. The smallest absolute Gasteiger partial charge is 0.123 e. The van der Waals surface area contributed by atoms with E-state index in [4.69, 9.17) is 0 Å². The van der Waals surface area contributed by atoms with E-state index in [1.807, 2.05) is 24.3 Å². The van der Waals surface area contributed by atoms with Gasteiger partial charge in [-0.25, -0.2) is 8.78 Å². The van der Waals surface area contributed by atoms with Crippen LogP contribution in [0.1, 0.15) is 22.3 Å². The van der Waals surface area contributed by atoms with Crippen molar-refractivity contribution in [1.29, 1.82) is 0 Å². The van der Waals surface area contributed by atoms with Crippen LogP contribution in [0, 0.1) is 11.6 Å². The van der Waals surface area contributed by atoms with Gasteiger partial charge in [-0.3, -0.25) is 0 Å². The van der Waals surface area contributed by atoms with Crippen LogP contribution in [-0.2, 0) is 0 Å². The topological polar surface area (TPSA) is 0 Å². The van der Waals surface area contributed by atoms with Crippen LogP contribution in [0.4, 0.5) is 8.78 Å². The summed E-state index contributed by atoms with van der Waals surface area (Å²) in [5, 5.41) is 4.70. The first-order valence-electron chi connectivity index (χ1n) is 10.5. The molecule has 5 aromatic rings. The van der Waals surface area contributed by atoms with Crippen LogP contribution in [0.3, 0.4) is 0 Å². The van der Waals surface area contributed by atoms with E-state index in [2.05, 4.69) is 48.5 Å². The lowest BCUT2D eigenvalue weighted by Gasteiger charge is -2.05. The van der Waals surface area contributed by atoms with Crippen LogP contribution in [0.15, 0.2) is 97.1 Å². The Morgan fingerprint density at radius 1 is 0.344 bits per heavy atom. The molecule has 0 spiro atoms. The third-order valence-electron chi connectivity index (χ3n) is 5.52. The average Bonchev–Trinajstić information content (AvgIpc) is 2.82. The van der Waals surface area contributed by atoms with Crippen LogP contribution in [0.25, 0.3) is 45.8 Å². The van der Waals surface area contributed by atoms with Crippen LogP contribution in [0.2, 0.25) is 0 Å². The molecule has 0 atom stereocenters. The van der Waals surface area contributed by atoms with E-state index in [-0.39, 0.29) is 11.6 Å². The van der Waals surface area contributed by atoms with E-state index >= 15 is 0 Å². The summed E-state index contributed by atoms with van der Waals surface area (Å²) in [7, 11) is 0. The van der Waals surface area contributed by atoms with Crippen molar-refractivity contribution < 1.29 is 8.78 Å². The Morgan fingerprint density at radius 2 is 0.688 bits per heavy atom. The summed E-state index contributed by atoms with van der Waals surface area (Å²) in [6.45, 7) is 0. The van der Waals surface area contributed by atoms with Crippen molar-refractivity contribution in [3.63, 3.8) is 0 Å².